The predicted molar refractivity (Wildman–Crippen MR) is 114 cm³/mol. The molecule has 3 rings (SSSR count). The van der Waals surface area contributed by atoms with Crippen LogP contribution in [-0.4, -0.2) is 30.8 Å². The molecule has 1 N–H and O–H groups in total. The van der Waals surface area contributed by atoms with E-state index < -0.39 is 17.9 Å². The monoisotopic (exact) mass is 412 g/mol. The summed E-state index contributed by atoms with van der Waals surface area (Å²) < 4.78 is 4.83. The number of amides is 1. The van der Waals surface area contributed by atoms with Crippen LogP contribution >= 0.6 is 0 Å². The van der Waals surface area contributed by atoms with Crippen LogP contribution in [0.15, 0.2) is 78.9 Å². The molecule has 0 spiro atoms. The van der Waals surface area contributed by atoms with Crippen molar-refractivity contribution in [3.63, 3.8) is 0 Å². The highest BCUT2D eigenvalue weighted by Crippen LogP contribution is 2.13. The summed E-state index contributed by atoms with van der Waals surface area (Å²) in [5.74, 6) is -1.12. The summed E-state index contributed by atoms with van der Waals surface area (Å²) in [7, 11) is 1.25. The molecule has 3 aromatic carbocycles. The lowest BCUT2D eigenvalue weighted by molar-refractivity contribution is -0.142. The first-order valence-electron chi connectivity index (χ1n) is 9.59. The van der Waals surface area contributed by atoms with Crippen molar-refractivity contribution in [3.05, 3.63) is 107 Å². The molecule has 0 unspecified atom stereocenters. The molecule has 0 aromatic heterocycles. The summed E-state index contributed by atoms with van der Waals surface area (Å²) in [4.78, 5) is 37.3. The van der Waals surface area contributed by atoms with Gasteiger partial charge in [0.25, 0.3) is 5.91 Å². The first kappa shape index (κ1) is 21.5. The molecule has 1 atom stereocenters. The van der Waals surface area contributed by atoms with Crippen LogP contribution < -0.4 is 5.32 Å². The summed E-state index contributed by atoms with van der Waals surface area (Å²) in [5.41, 5.74) is 2.66. The number of benzene rings is 3. The van der Waals surface area contributed by atoms with E-state index >= 15 is 0 Å². The molecule has 0 aliphatic rings. The fourth-order valence-electron chi connectivity index (χ4n) is 3.06. The second-order valence-corrected chi connectivity index (χ2v) is 6.83. The van der Waals surface area contributed by atoms with Gasteiger partial charge >= 0.3 is 5.97 Å². The standard InChI is InChI=1S/C25H20N2O4/c1-31-25(30)22(27-24(29)21-13-9-18(16-26)10-14-21)15-17-7-11-20(12-8-17)23(28)19-5-3-2-4-6-19/h2-14,22H,15H2,1H3,(H,27,29)/t22-/m0/s1. The largest absolute Gasteiger partial charge is 0.467 e. The van der Waals surface area contributed by atoms with Gasteiger partial charge in [-0.05, 0) is 29.8 Å². The lowest BCUT2D eigenvalue weighted by Crippen LogP contribution is -2.43. The van der Waals surface area contributed by atoms with Gasteiger partial charge in [0.2, 0.25) is 0 Å². The highest BCUT2D eigenvalue weighted by molar-refractivity contribution is 6.08. The molecule has 0 aliphatic heterocycles. The molecule has 3 aromatic rings. The molecule has 0 saturated carbocycles. The van der Waals surface area contributed by atoms with Gasteiger partial charge in [-0.2, -0.15) is 5.26 Å². The van der Waals surface area contributed by atoms with Crippen LogP contribution in [-0.2, 0) is 16.0 Å². The van der Waals surface area contributed by atoms with Crippen molar-refractivity contribution in [1.82, 2.24) is 5.32 Å². The van der Waals surface area contributed by atoms with Gasteiger partial charge in [0, 0.05) is 23.1 Å². The predicted octanol–water partition coefficient (Wildman–Crippen LogP) is 3.30. The van der Waals surface area contributed by atoms with E-state index in [1.807, 2.05) is 12.1 Å². The first-order chi connectivity index (χ1) is 15.0. The number of hydrogen-bond acceptors (Lipinski definition) is 5. The third-order valence-corrected chi connectivity index (χ3v) is 4.76. The quantitative estimate of drug-likeness (QED) is 0.474. The minimum Gasteiger partial charge on any atom is -0.467 e. The van der Waals surface area contributed by atoms with Crippen molar-refractivity contribution < 1.29 is 19.1 Å². The number of ketones is 1. The van der Waals surface area contributed by atoms with E-state index in [4.69, 9.17) is 10.00 Å². The van der Waals surface area contributed by atoms with E-state index in [2.05, 4.69) is 5.32 Å². The summed E-state index contributed by atoms with van der Waals surface area (Å²) in [6, 6.07) is 23.0. The molecule has 6 nitrogen and oxygen atoms in total. The SMILES string of the molecule is COC(=O)[C@H](Cc1ccc(C(=O)c2ccccc2)cc1)NC(=O)c1ccc(C#N)cc1. The Morgan fingerprint density at radius 3 is 2.03 bits per heavy atom. The molecule has 0 aliphatic carbocycles. The lowest BCUT2D eigenvalue weighted by Gasteiger charge is -2.17. The minimum absolute atomic E-state index is 0.0919. The zero-order valence-corrected chi connectivity index (χ0v) is 16.9. The Balaban J connectivity index is 1.72. The van der Waals surface area contributed by atoms with Crippen molar-refractivity contribution >= 4 is 17.7 Å². The van der Waals surface area contributed by atoms with Crippen molar-refractivity contribution in [1.29, 1.82) is 5.26 Å². The fraction of sp³-hybridized carbons (Fsp3) is 0.120. The van der Waals surface area contributed by atoms with Gasteiger partial charge in [-0.3, -0.25) is 9.59 Å². The third kappa shape index (κ3) is 5.43. The van der Waals surface area contributed by atoms with Crippen LogP contribution in [0, 0.1) is 11.3 Å². The Morgan fingerprint density at radius 2 is 1.45 bits per heavy atom. The van der Waals surface area contributed by atoms with E-state index in [0.717, 1.165) is 5.56 Å². The number of esters is 1. The van der Waals surface area contributed by atoms with Gasteiger partial charge < -0.3 is 10.1 Å². The van der Waals surface area contributed by atoms with Crippen molar-refractivity contribution in [3.8, 4) is 6.07 Å². The number of nitriles is 1. The normalized spacial score (nSPS) is 11.1. The van der Waals surface area contributed by atoms with Crippen LogP contribution in [0.5, 0.6) is 0 Å². The van der Waals surface area contributed by atoms with E-state index in [0.29, 0.717) is 22.3 Å². The summed E-state index contributed by atoms with van der Waals surface area (Å²) in [6.45, 7) is 0. The summed E-state index contributed by atoms with van der Waals surface area (Å²) in [5, 5.41) is 11.5. The smallest absolute Gasteiger partial charge is 0.328 e. The number of carbonyl (C=O) groups is 3. The molecular weight excluding hydrogens is 392 g/mol. The van der Waals surface area contributed by atoms with Crippen LogP contribution in [0.1, 0.15) is 37.4 Å². The Labute approximate surface area is 180 Å². The molecule has 31 heavy (non-hydrogen) atoms. The zero-order chi connectivity index (χ0) is 22.2. The van der Waals surface area contributed by atoms with Gasteiger partial charge in [0.05, 0.1) is 18.7 Å². The van der Waals surface area contributed by atoms with E-state index in [9.17, 15) is 14.4 Å². The molecule has 0 heterocycles. The van der Waals surface area contributed by atoms with E-state index in [1.54, 1.807) is 48.5 Å². The fourth-order valence-corrected chi connectivity index (χ4v) is 3.06. The van der Waals surface area contributed by atoms with Gasteiger partial charge in [-0.1, -0.05) is 54.6 Å². The maximum atomic E-state index is 12.5. The molecule has 1 amide bonds. The van der Waals surface area contributed by atoms with Crippen molar-refractivity contribution in [2.75, 3.05) is 7.11 Å². The Hall–Kier alpha value is -4.24. The number of hydrogen-bond donors (Lipinski definition) is 1. The second kappa shape index (κ2) is 9.99. The number of rotatable bonds is 7. The van der Waals surface area contributed by atoms with Gasteiger partial charge in [0.1, 0.15) is 6.04 Å². The highest BCUT2D eigenvalue weighted by atomic mass is 16.5. The van der Waals surface area contributed by atoms with Crippen LogP contribution in [0.25, 0.3) is 0 Å². The molecule has 0 radical (unpaired) electrons. The Kier molecular flexibility index (Phi) is 6.92. The number of nitrogens with one attached hydrogen (secondary N) is 1. The molecular formula is C25H20N2O4. The van der Waals surface area contributed by atoms with Crippen molar-refractivity contribution in [2.24, 2.45) is 0 Å². The zero-order valence-electron chi connectivity index (χ0n) is 16.9. The number of ether oxygens (including phenoxy) is 1. The third-order valence-electron chi connectivity index (χ3n) is 4.76. The number of carbonyl (C=O) groups excluding carboxylic acids is 3. The van der Waals surface area contributed by atoms with Crippen LogP contribution in [0.2, 0.25) is 0 Å². The summed E-state index contributed by atoms with van der Waals surface area (Å²) >= 11 is 0. The molecule has 0 fully saturated rings. The Morgan fingerprint density at radius 1 is 0.871 bits per heavy atom. The second-order valence-electron chi connectivity index (χ2n) is 6.83. The van der Waals surface area contributed by atoms with Gasteiger partial charge in [-0.25, -0.2) is 4.79 Å². The average Bonchev–Trinajstić information content (AvgIpc) is 2.83. The number of methoxy groups -OCH3 is 1. The van der Waals surface area contributed by atoms with Crippen LogP contribution in [0.4, 0.5) is 0 Å². The van der Waals surface area contributed by atoms with E-state index in [1.165, 1.54) is 31.4 Å². The Bertz CT molecular complexity index is 1110. The lowest BCUT2D eigenvalue weighted by atomic mass is 9.99. The van der Waals surface area contributed by atoms with Gasteiger partial charge in [-0.15, -0.1) is 0 Å². The van der Waals surface area contributed by atoms with Crippen LogP contribution in [0.3, 0.4) is 0 Å². The van der Waals surface area contributed by atoms with E-state index in [-0.39, 0.29) is 12.2 Å². The molecule has 6 heteroatoms. The van der Waals surface area contributed by atoms with Gasteiger partial charge in [0.15, 0.2) is 5.78 Å². The highest BCUT2D eigenvalue weighted by Gasteiger charge is 2.23. The average molecular weight is 412 g/mol. The maximum Gasteiger partial charge on any atom is 0.328 e. The molecule has 154 valence electrons. The molecule has 0 saturated heterocycles. The maximum absolute atomic E-state index is 12.5. The van der Waals surface area contributed by atoms with Crippen molar-refractivity contribution in [2.45, 2.75) is 12.5 Å². The topological polar surface area (TPSA) is 96.3 Å². The molecule has 0 bridgehead atoms. The first-order valence-corrected chi connectivity index (χ1v) is 9.59. The minimum atomic E-state index is -0.899. The number of nitrogens with zero attached hydrogens (tertiary/aromatic N) is 1. The summed E-state index contributed by atoms with van der Waals surface area (Å²) in [6.07, 6.45) is 0.203.